The Hall–Kier alpha value is -1.86. The summed E-state index contributed by atoms with van der Waals surface area (Å²) in [4.78, 5) is 12.6. The van der Waals surface area contributed by atoms with Crippen molar-refractivity contribution in [2.24, 2.45) is 5.73 Å². The summed E-state index contributed by atoms with van der Waals surface area (Å²) in [6.07, 6.45) is 0.822. The van der Waals surface area contributed by atoms with Crippen LogP contribution < -0.4 is 15.2 Å². The predicted octanol–water partition coefficient (Wildman–Crippen LogP) is 1.39. The number of nitro groups is 1. The number of nitrogens with two attached hydrogens (primary N) is 1. The largest absolute Gasteiger partial charge is 0.493 e. The Kier molecular flexibility index (Phi) is 6.20. The van der Waals surface area contributed by atoms with Gasteiger partial charge in [-0.3, -0.25) is 10.1 Å². The molecule has 0 aliphatic rings. The molecule has 0 aliphatic heterocycles. The molecule has 0 bridgehead atoms. The fraction of sp³-hybridized carbons (Fsp3) is 0.538. The maximum Gasteiger partial charge on any atom is 0.277 e. The molecule has 0 spiro atoms. The first-order valence-electron chi connectivity index (χ1n) is 6.32. The molecule has 7 nitrogen and oxygen atoms in total. The van der Waals surface area contributed by atoms with E-state index in [0.29, 0.717) is 23.7 Å². The van der Waals surface area contributed by atoms with Crippen LogP contribution in [0.3, 0.4) is 0 Å². The summed E-state index contributed by atoms with van der Waals surface area (Å²) in [6.45, 7) is 1.42. The second kappa shape index (κ2) is 7.66. The Morgan fingerprint density at radius 1 is 1.35 bits per heavy atom. The SMILES string of the molecule is COc1cc(CN)c([N+](=O)[O-])cc1OCCCN(C)C. The van der Waals surface area contributed by atoms with Crippen molar-refractivity contribution in [1.29, 1.82) is 0 Å². The molecule has 0 radical (unpaired) electrons. The predicted molar refractivity (Wildman–Crippen MR) is 76.2 cm³/mol. The lowest BCUT2D eigenvalue weighted by molar-refractivity contribution is -0.385. The summed E-state index contributed by atoms with van der Waals surface area (Å²) < 4.78 is 10.8. The molecule has 1 aromatic carbocycles. The number of methoxy groups -OCH3 is 1. The van der Waals surface area contributed by atoms with Crippen LogP contribution in [0.1, 0.15) is 12.0 Å². The zero-order chi connectivity index (χ0) is 15.1. The third-order valence-corrected chi connectivity index (χ3v) is 2.79. The molecular weight excluding hydrogens is 262 g/mol. The van der Waals surface area contributed by atoms with E-state index in [1.165, 1.54) is 13.2 Å². The Bertz CT molecular complexity index is 463. The molecule has 2 N–H and O–H groups in total. The smallest absolute Gasteiger partial charge is 0.277 e. The molecular formula is C13H21N3O4. The van der Waals surface area contributed by atoms with Crippen LogP contribution in [-0.4, -0.2) is 44.2 Å². The topological polar surface area (TPSA) is 90.9 Å². The van der Waals surface area contributed by atoms with E-state index in [2.05, 4.69) is 0 Å². The lowest BCUT2D eigenvalue weighted by Gasteiger charge is -2.13. The summed E-state index contributed by atoms with van der Waals surface area (Å²) in [5.74, 6) is 0.830. The number of rotatable bonds is 8. The summed E-state index contributed by atoms with van der Waals surface area (Å²) in [5.41, 5.74) is 5.89. The number of nitro benzene ring substituents is 1. The molecule has 112 valence electrons. The Balaban J connectivity index is 2.88. The standard InChI is InChI=1S/C13H21N3O4/c1-15(2)5-4-6-20-13-8-11(16(17)18)10(9-14)7-12(13)19-3/h7-8H,4-6,9,14H2,1-3H3. The molecule has 1 aromatic rings. The van der Waals surface area contributed by atoms with E-state index in [0.717, 1.165) is 13.0 Å². The highest BCUT2D eigenvalue weighted by Crippen LogP contribution is 2.34. The van der Waals surface area contributed by atoms with E-state index >= 15 is 0 Å². The average molecular weight is 283 g/mol. The van der Waals surface area contributed by atoms with Crippen LogP contribution in [0.5, 0.6) is 11.5 Å². The zero-order valence-corrected chi connectivity index (χ0v) is 12.1. The molecule has 0 aromatic heterocycles. The Morgan fingerprint density at radius 3 is 2.55 bits per heavy atom. The molecule has 0 unspecified atom stereocenters. The van der Waals surface area contributed by atoms with Gasteiger partial charge in [-0.05, 0) is 26.6 Å². The van der Waals surface area contributed by atoms with Crippen LogP contribution in [0.4, 0.5) is 5.69 Å². The summed E-state index contributed by atoms with van der Waals surface area (Å²) >= 11 is 0. The van der Waals surface area contributed by atoms with E-state index in [-0.39, 0.29) is 12.2 Å². The molecule has 0 heterocycles. The van der Waals surface area contributed by atoms with Gasteiger partial charge in [0.05, 0.1) is 24.7 Å². The highest BCUT2D eigenvalue weighted by atomic mass is 16.6. The molecule has 0 fully saturated rings. The molecule has 0 saturated heterocycles. The third kappa shape index (κ3) is 4.36. The maximum absolute atomic E-state index is 11.0. The van der Waals surface area contributed by atoms with Crippen molar-refractivity contribution in [3.8, 4) is 11.5 Å². The minimum Gasteiger partial charge on any atom is -0.493 e. The van der Waals surface area contributed by atoms with Crippen LogP contribution in [0.2, 0.25) is 0 Å². The first-order valence-corrected chi connectivity index (χ1v) is 6.32. The lowest BCUT2D eigenvalue weighted by Crippen LogP contribution is -2.15. The van der Waals surface area contributed by atoms with E-state index < -0.39 is 4.92 Å². The van der Waals surface area contributed by atoms with Gasteiger partial charge in [-0.25, -0.2) is 0 Å². The van der Waals surface area contributed by atoms with Gasteiger partial charge in [-0.2, -0.15) is 0 Å². The molecule has 0 saturated carbocycles. The second-order valence-electron chi connectivity index (χ2n) is 4.60. The highest BCUT2D eigenvalue weighted by molar-refractivity contribution is 5.54. The fourth-order valence-corrected chi connectivity index (χ4v) is 1.76. The van der Waals surface area contributed by atoms with Crippen molar-refractivity contribution in [1.82, 2.24) is 4.90 Å². The van der Waals surface area contributed by atoms with Crippen LogP contribution in [0.25, 0.3) is 0 Å². The monoisotopic (exact) mass is 283 g/mol. The van der Waals surface area contributed by atoms with Gasteiger partial charge in [0.15, 0.2) is 11.5 Å². The van der Waals surface area contributed by atoms with Gasteiger partial charge in [-0.1, -0.05) is 0 Å². The van der Waals surface area contributed by atoms with E-state index in [1.54, 1.807) is 6.07 Å². The van der Waals surface area contributed by atoms with Crippen LogP contribution in [0, 0.1) is 10.1 Å². The third-order valence-electron chi connectivity index (χ3n) is 2.79. The summed E-state index contributed by atoms with van der Waals surface area (Å²) in [7, 11) is 5.44. The summed E-state index contributed by atoms with van der Waals surface area (Å²) in [5, 5.41) is 11.0. The Morgan fingerprint density at radius 2 is 2.05 bits per heavy atom. The van der Waals surface area contributed by atoms with Gasteiger partial charge in [-0.15, -0.1) is 0 Å². The van der Waals surface area contributed by atoms with E-state index in [4.69, 9.17) is 15.2 Å². The van der Waals surface area contributed by atoms with E-state index in [1.807, 2.05) is 19.0 Å². The molecule has 0 aliphatic carbocycles. The highest BCUT2D eigenvalue weighted by Gasteiger charge is 2.18. The van der Waals surface area contributed by atoms with Gasteiger partial charge in [0.2, 0.25) is 0 Å². The van der Waals surface area contributed by atoms with Crippen LogP contribution in [-0.2, 0) is 6.54 Å². The molecule has 7 heteroatoms. The van der Waals surface area contributed by atoms with Crippen molar-refractivity contribution in [2.45, 2.75) is 13.0 Å². The normalized spacial score (nSPS) is 10.7. The minimum absolute atomic E-state index is 0.0455. The minimum atomic E-state index is -0.464. The van der Waals surface area contributed by atoms with Gasteiger partial charge < -0.3 is 20.1 Å². The van der Waals surface area contributed by atoms with Crippen LogP contribution in [0.15, 0.2) is 12.1 Å². The quantitative estimate of drug-likeness (QED) is 0.440. The maximum atomic E-state index is 11.0. The number of nitrogens with zero attached hydrogens (tertiary/aromatic N) is 2. The van der Waals surface area contributed by atoms with Gasteiger partial charge in [0.1, 0.15) is 0 Å². The molecule has 1 rings (SSSR count). The second-order valence-corrected chi connectivity index (χ2v) is 4.60. The van der Waals surface area contributed by atoms with Crippen molar-refractivity contribution in [3.63, 3.8) is 0 Å². The van der Waals surface area contributed by atoms with Crippen molar-refractivity contribution < 1.29 is 14.4 Å². The fourth-order valence-electron chi connectivity index (χ4n) is 1.76. The number of hydrogen-bond acceptors (Lipinski definition) is 6. The number of hydrogen-bond donors (Lipinski definition) is 1. The molecule has 0 amide bonds. The molecule has 0 atom stereocenters. The first kappa shape index (κ1) is 16.2. The van der Waals surface area contributed by atoms with Gasteiger partial charge in [0, 0.05) is 18.7 Å². The van der Waals surface area contributed by atoms with Crippen molar-refractivity contribution >= 4 is 5.69 Å². The first-order chi connectivity index (χ1) is 9.49. The van der Waals surface area contributed by atoms with Gasteiger partial charge >= 0.3 is 0 Å². The van der Waals surface area contributed by atoms with Gasteiger partial charge in [0.25, 0.3) is 5.69 Å². The molecule has 20 heavy (non-hydrogen) atoms. The van der Waals surface area contributed by atoms with Crippen LogP contribution >= 0.6 is 0 Å². The van der Waals surface area contributed by atoms with Crippen molar-refractivity contribution in [3.05, 3.63) is 27.8 Å². The summed E-state index contributed by atoms with van der Waals surface area (Å²) in [6, 6.07) is 2.93. The van der Waals surface area contributed by atoms with Crippen molar-refractivity contribution in [2.75, 3.05) is 34.4 Å². The lowest BCUT2D eigenvalue weighted by atomic mass is 10.1. The number of ether oxygens (including phenoxy) is 2. The number of benzene rings is 1. The zero-order valence-electron chi connectivity index (χ0n) is 12.1. The average Bonchev–Trinajstić information content (AvgIpc) is 2.42. The van der Waals surface area contributed by atoms with E-state index in [9.17, 15) is 10.1 Å². The Labute approximate surface area is 118 Å².